The first-order valence-electron chi connectivity index (χ1n) is 8.46. The Balaban J connectivity index is 1.86. The Labute approximate surface area is 159 Å². The normalized spacial score (nSPS) is 10.3. The Morgan fingerprint density at radius 1 is 1.00 bits per heavy atom. The molecule has 5 nitrogen and oxygen atoms in total. The SMILES string of the molecule is CCOc1ccc(CNC(=O)CCc2ccc(OC)c(Cl)c2)cc1OC. The molecule has 6 heteroatoms. The van der Waals surface area contributed by atoms with Gasteiger partial charge in [0.25, 0.3) is 0 Å². The molecular weight excluding hydrogens is 354 g/mol. The lowest BCUT2D eigenvalue weighted by Gasteiger charge is -2.11. The first-order valence-corrected chi connectivity index (χ1v) is 8.84. The molecule has 1 amide bonds. The van der Waals surface area contributed by atoms with Gasteiger partial charge in [-0.25, -0.2) is 0 Å². The maximum atomic E-state index is 12.1. The van der Waals surface area contributed by atoms with Crippen molar-refractivity contribution in [2.24, 2.45) is 0 Å². The van der Waals surface area contributed by atoms with Gasteiger partial charge in [0.1, 0.15) is 5.75 Å². The van der Waals surface area contributed by atoms with E-state index < -0.39 is 0 Å². The Kier molecular flexibility index (Phi) is 7.60. The van der Waals surface area contributed by atoms with Crippen LogP contribution in [0.4, 0.5) is 0 Å². The van der Waals surface area contributed by atoms with E-state index in [1.807, 2.05) is 43.3 Å². The van der Waals surface area contributed by atoms with Gasteiger partial charge in [-0.2, -0.15) is 0 Å². The van der Waals surface area contributed by atoms with E-state index in [1.54, 1.807) is 14.2 Å². The summed E-state index contributed by atoms with van der Waals surface area (Å²) in [6, 6.07) is 11.2. The largest absolute Gasteiger partial charge is 0.495 e. The summed E-state index contributed by atoms with van der Waals surface area (Å²) >= 11 is 6.10. The summed E-state index contributed by atoms with van der Waals surface area (Å²) in [5.41, 5.74) is 1.94. The van der Waals surface area contributed by atoms with E-state index in [-0.39, 0.29) is 5.91 Å². The van der Waals surface area contributed by atoms with Crippen molar-refractivity contribution in [1.29, 1.82) is 0 Å². The van der Waals surface area contributed by atoms with Gasteiger partial charge in [0.15, 0.2) is 11.5 Å². The Morgan fingerprint density at radius 3 is 2.35 bits per heavy atom. The number of aryl methyl sites for hydroxylation is 1. The number of amides is 1. The number of halogens is 1. The molecule has 0 bridgehead atoms. The van der Waals surface area contributed by atoms with Crippen LogP contribution in [-0.2, 0) is 17.8 Å². The van der Waals surface area contributed by atoms with Crippen LogP contribution in [0.15, 0.2) is 36.4 Å². The van der Waals surface area contributed by atoms with Gasteiger partial charge in [0.05, 0.1) is 25.8 Å². The van der Waals surface area contributed by atoms with Gasteiger partial charge in [-0.1, -0.05) is 23.7 Å². The van der Waals surface area contributed by atoms with Crippen molar-refractivity contribution in [1.82, 2.24) is 5.32 Å². The summed E-state index contributed by atoms with van der Waals surface area (Å²) in [6.45, 7) is 2.93. The molecule has 2 aromatic carbocycles. The fourth-order valence-electron chi connectivity index (χ4n) is 2.51. The highest BCUT2D eigenvalue weighted by Gasteiger charge is 2.08. The standard InChI is InChI=1S/C20H24ClNO4/c1-4-26-18-9-6-15(12-19(18)25-3)13-22-20(23)10-7-14-5-8-17(24-2)16(21)11-14/h5-6,8-9,11-12H,4,7,10,13H2,1-3H3,(H,22,23). The molecule has 26 heavy (non-hydrogen) atoms. The van der Waals surface area contributed by atoms with Crippen LogP contribution in [0, 0.1) is 0 Å². The summed E-state index contributed by atoms with van der Waals surface area (Å²) in [5.74, 6) is 1.96. The third-order valence-electron chi connectivity index (χ3n) is 3.87. The highest BCUT2D eigenvalue weighted by atomic mass is 35.5. The molecule has 140 valence electrons. The molecule has 0 aliphatic carbocycles. The fraction of sp³-hybridized carbons (Fsp3) is 0.350. The second kappa shape index (κ2) is 9.92. The summed E-state index contributed by atoms with van der Waals surface area (Å²) in [5, 5.41) is 3.46. The average Bonchev–Trinajstić information content (AvgIpc) is 2.65. The number of carbonyl (C=O) groups is 1. The molecule has 0 fully saturated rings. The highest BCUT2D eigenvalue weighted by molar-refractivity contribution is 6.32. The summed E-state index contributed by atoms with van der Waals surface area (Å²) < 4.78 is 15.9. The first kappa shape index (κ1) is 19.9. The van der Waals surface area contributed by atoms with Crippen LogP contribution >= 0.6 is 11.6 Å². The Bertz CT molecular complexity index is 749. The van der Waals surface area contributed by atoms with Crippen LogP contribution in [-0.4, -0.2) is 26.7 Å². The fourth-order valence-corrected chi connectivity index (χ4v) is 2.79. The molecule has 0 saturated heterocycles. The van der Waals surface area contributed by atoms with Crippen molar-refractivity contribution >= 4 is 17.5 Å². The van der Waals surface area contributed by atoms with E-state index in [4.69, 9.17) is 25.8 Å². The maximum absolute atomic E-state index is 12.1. The van der Waals surface area contributed by atoms with Crippen molar-refractivity contribution in [2.45, 2.75) is 26.3 Å². The number of rotatable bonds is 9. The molecule has 0 unspecified atom stereocenters. The molecule has 0 saturated carbocycles. The second-order valence-electron chi connectivity index (χ2n) is 5.66. The van der Waals surface area contributed by atoms with Gasteiger partial charge in [-0.05, 0) is 48.7 Å². The van der Waals surface area contributed by atoms with Gasteiger partial charge >= 0.3 is 0 Å². The lowest BCUT2D eigenvalue weighted by Crippen LogP contribution is -2.23. The summed E-state index contributed by atoms with van der Waals surface area (Å²) in [4.78, 5) is 12.1. The van der Waals surface area contributed by atoms with Crippen molar-refractivity contribution in [3.05, 3.63) is 52.5 Å². The zero-order chi connectivity index (χ0) is 18.9. The van der Waals surface area contributed by atoms with Crippen LogP contribution in [0.2, 0.25) is 5.02 Å². The molecule has 2 aromatic rings. The van der Waals surface area contributed by atoms with Crippen molar-refractivity contribution in [2.75, 3.05) is 20.8 Å². The predicted molar refractivity (Wildman–Crippen MR) is 102 cm³/mol. The third-order valence-corrected chi connectivity index (χ3v) is 4.17. The molecule has 0 heterocycles. The molecule has 0 atom stereocenters. The maximum Gasteiger partial charge on any atom is 0.220 e. The smallest absolute Gasteiger partial charge is 0.220 e. The first-order chi connectivity index (χ1) is 12.6. The van der Waals surface area contributed by atoms with Gasteiger partial charge < -0.3 is 19.5 Å². The number of hydrogen-bond donors (Lipinski definition) is 1. The van der Waals surface area contributed by atoms with Crippen molar-refractivity contribution in [3.63, 3.8) is 0 Å². The van der Waals surface area contributed by atoms with E-state index >= 15 is 0 Å². The van der Waals surface area contributed by atoms with Crippen LogP contribution in [0.25, 0.3) is 0 Å². The number of hydrogen-bond acceptors (Lipinski definition) is 4. The molecular formula is C20H24ClNO4. The monoisotopic (exact) mass is 377 g/mol. The van der Waals surface area contributed by atoms with E-state index in [9.17, 15) is 4.79 Å². The molecule has 0 spiro atoms. The topological polar surface area (TPSA) is 56.8 Å². The van der Waals surface area contributed by atoms with Gasteiger partial charge in [0.2, 0.25) is 5.91 Å². The summed E-state index contributed by atoms with van der Waals surface area (Å²) in [7, 11) is 3.17. The van der Waals surface area contributed by atoms with Crippen LogP contribution in [0.3, 0.4) is 0 Å². The van der Waals surface area contributed by atoms with Crippen LogP contribution < -0.4 is 19.5 Å². The number of methoxy groups -OCH3 is 2. The van der Waals surface area contributed by atoms with E-state index in [1.165, 1.54) is 0 Å². The Hall–Kier alpha value is -2.40. The quantitative estimate of drug-likeness (QED) is 0.717. The van der Waals surface area contributed by atoms with Crippen LogP contribution in [0.5, 0.6) is 17.2 Å². The molecule has 2 rings (SSSR count). The van der Waals surface area contributed by atoms with Gasteiger partial charge in [-0.15, -0.1) is 0 Å². The van der Waals surface area contributed by atoms with Gasteiger partial charge in [0, 0.05) is 13.0 Å². The minimum atomic E-state index is -0.0233. The number of carbonyl (C=O) groups excluding carboxylic acids is 1. The van der Waals surface area contributed by atoms with E-state index in [2.05, 4.69) is 5.32 Å². The Morgan fingerprint density at radius 2 is 1.69 bits per heavy atom. The lowest BCUT2D eigenvalue weighted by molar-refractivity contribution is -0.121. The molecule has 1 N–H and O–H groups in total. The zero-order valence-corrected chi connectivity index (χ0v) is 16.1. The molecule has 0 aromatic heterocycles. The summed E-state index contributed by atoms with van der Waals surface area (Å²) in [6.07, 6.45) is 0.999. The third kappa shape index (κ3) is 5.56. The van der Waals surface area contributed by atoms with E-state index in [0.29, 0.717) is 48.3 Å². The van der Waals surface area contributed by atoms with Crippen molar-refractivity contribution in [3.8, 4) is 17.2 Å². The average molecular weight is 378 g/mol. The second-order valence-corrected chi connectivity index (χ2v) is 6.07. The predicted octanol–water partition coefficient (Wildman–Crippen LogP) is 4.00. The molecule has 0 aliphatic heterocycles. The number of ether oxygens (including phenoxy) is 3. The van der Waals surface area contributed by atoms with E-state index in [0.717, 1.165) is 11.1 Å². The van der Waals surface area contributed by atoms with Crippen molar-refractivity contribution < 1.29 is 19.0 Å². The molecule has 0 radical (unpaired) electrons. The lowest BCUT2D eigenvalue weighted by atomic mass is 10.1. The minimum Gasteiger partial charge on any atom is -0.495 e. The van der Waals surface area contributed by atoms with Crippen LogP contribution in [0.1, 0.15) is 24.5 Å². The highest BCUT2D eigenvalue weighted by Crippen LogP contribution is 2.28. The molecule has 0 aliphatic rings. The number of nitrogens with one attached hydrogen (secondary N) is 1. The van der Waals surface area contributed by atoms with Gasteiger partial charge in [-0.3, -0.25) is 4.79 Å². The minimum absolute atomic E-state index is 0.0233. The number of benzene rings is 2. The zero-order valence-electron chi connectivity index (χ0n) is 15.3.